The molecular weight excluding hydrogens is 270 g/mol. The molecule has 2 unspecified atom stereocenters. The summed E-state index contributed by atoms with van der Waals surface area (Å²) >= 11 is 6.46. The maximum absolute atomic E-state index is 6.46. The maximum Gasteiger partial charge on any atom is 0.130 e. The second kappa shape index (κ2) is 4.48. The van der Waals surface area contributed by atoms with Crippen LogP contribution in [-0.2, 0) is 13.5 Å². The number of halogens is 1. The van der Waals surface area contributed by atoms with Gasteiger partial charge in [0.05, 0.1) is 5.69 Å². The van der Waals surface area contributed by atoms with E-state index in [9.17, 15) is 0 Å². The number of nitrogens with zero attached hydrogens (tertiary/aromatic N) is 2. The topological polar surface area (TPSA) is 29.9 Å². The van der Waals surface area contributed by atoms with E-state index in [0.29, 0.717) is 5.41 Å². The Morgan fingerprint density at radius 2 is 2.05 bits per heavy atom. The Balaban J connectivity index is 1.55. The standard InChI is InChI=1S/C16H24ClN3/c1-10-14(15(17)20(2)19-10)8-16(9-18-13-3-4-13)6-11-5-12(11)7-16/h11-13,18H,3-9H2,1-2H3. The van der Waals surface area contributed by atoms with Crippen LogP contribution in [0.25, 0.3) is 0 Å². The summed E-state index contributed by atoms with van der Waals surface area (Å²) in [6.45, 7) is 3.27. The highest BCUT2D eigenvalue weighted by atomic mass is 35.5. The van der Waals surface area contributed by atoms with Gasteiger partial charge in [0.15, 0.2) is 0 Å². The predicted octanol–water partition coefficient (Wildman–Crippen LogP) is 3.09. The fourth-order valence-corrected chi connectivity index (χ4v) is 4.50. The first-order valence-electron chi connectivity index (χ1n) is 7.98. The fraction of sp³-hybridized carbons (Fsp3) is 0.812. The minimum atomic E-state index is 0.438. The lowest BCUT2D eigenvalue weighted by Gasteiger charge is -2.31. The molecule has 20 heavy (non-hydrogen) atoms. The summed E-state index contributed by atoms with van der Waals surface area (Å²) in [6, 6.07) is 0.800. The van der Waals surface area contributed by atoms with Gasteiger partial charge in [0.25, 0.3) is 0 Å². The molecular formula is C16H24ClN3. The highest BCUT2D eigenvalue weighted by molar-refractivity contribution is 6.30. The van der Waals surface area contributed by atoms with Crippen molar-refractivity contribution in [2.45, 2.75) is 51.5 Å². The van der Waals surface area contributed by atoms with E-state index in [1.54, 1.807) is 0 Å². The monoisotopic (exact) mass is 293 g/mol. The maximum atomic E-state index is 6.46. The van der Waals surface area contributed by atoms with Gasteiger partial charge in [-0.25, -0.2) is 0 Å². The number of rotatable bonds is 5. The van der Waals surface area contributed by atoms with E-state index >= 15 is 0 Å². The molecule has 0 aromatic carbocycles. The molecule has 4 rings (SSSR count). The van der Waals surface area contributed by atoms with E-state index in [4.69, 9.17) is 11.6 Å². The molecule has 1 heterocycles. The van der Waals surface area contributed by atoms with E-state index in [0.717, 1.165) is 35.1 Å². The zero-order valence-corrected chi connectivity index (χ0v) is 13.2. The number of hydrogen-bond acceptors (Lipinski definition) is 2. The molecule has 3 nitrogen and oxygen atoms in total. The smallest absolute Gasteiger partial charge is 0.130 e. The Kier molecular flexibility index (Phi) is 2.94. The quantitative estimate of drug-likeness (QED) is 0.904. The molecule has 0 saturated heterocycles. The van der Waals surface area contributed by atoms with Crippen molar-refractivity contribution in [3.63, 3.8) is 0 Å². The first kappa shape index (κ1) is 13.1. The largest absolute Gasteiger partial charge is 0.313 e. The highest BCUT2D eigenvalue weighted by Gasteiger charge is 2.54. The van der Waals surface area contributed by atoms with Gasteiger partial charge in [-0.3, -0.25) is 4.68 Å². The van der Waals surface area contributed by atoms with Crippen molar-refractivity contribution in [1.82, 2.24) is 15.1 Å². The lowest BCUT2D eigenvalue weighted by atomic mass is 9.77. The molecule has 3 saturated carbocycles. The minimum Gasteiger partial charge on any atom is -0.313 e. The normalized spacial score (nSPS) is 35.4. The van der Waals surface area contributed by atoms with Gasteiger partial charge in [0.2, 0.25) is 0 Å². The van der Waals surface area contributed by atoms with Gasteiger partial charge in [-0.2, -0.15) is 5.10 Å². The molecule has 3 aliphatic rings. The zero-order chi connectivity index (χ0) is 13.9. The third-order valence-electron chi connectivity index (χ3n) is 5.62. The lowest BCUT2D eigenvalue weighted by molar-refractivity contribution is 0.247. The molecule has 0 radical (unpaired) electrons. The summed E-state index contributed by atoms with van der Waals surface area (Å²) in [5.74, 6) is 2.01. The molecule has 1 aromatic heterocycles. The van der Waals surface area contributed by atoms with E-state index in [1.165, 1.54) is 44.2 Å². The van der Waals surface area contributed by atoms with Gasteiger partial charge in [0.1, 0.15) is 5.15 Å². The molecule has 1 N–H and O–H groups in total. The van der Waals surface area contributed by atoms with E-state index in [2.05, 4.69) is 17.3 Å². The van der Waals surface area contributed by atoms with E-state index < -0.39 is 0 Å². The predicted molar refractivity (Wildman–Crippen MR) is 80.9 cm³/mol. The number of fused-ring (bicyclic) bond motifs is 1. The molecule has 0 amide bonds. The lowest BCUT2D eigenvalue weighted by Crippen LogP contribution is -2.36. The van der Waals surface area contributed by atoms with Crippen LogP contribution in [0.4, 0.5) is 0 Å². The highest BCUT2D eigenvalue weighted by Crippen LogP contribution is 2.61. The van der Waals surface area contributed by atoms with Crippen molar-refractivity contribution < 1.29 is 0 Å². The van der Waals surface area contributed by atoms with Crippen molar-refractivity contribution in [2.24, 2.45) is 24.3 Å². The molecule has 2 atom stereocenters. The zero-order valence-electron chi connectivity index (χ0n) is 12.5. The van der Waals surface area contributed by atoms with Crippen molar-refractivity contribution >= 4 is 11.6 Å². The third kappa shape index (κ3) is 2.29. The van der Waals surface area contributed by atoms with Crippen LogP contribution in [-0.4, -0.2) is 22.4 Å². The van der Waals surface area contributed by atoms with Crippen LogP contribution in [0, 0.1) is 24.2 Å². The molecule has 3 fully saturated rings. The van der Waals surface area contributed by atoms with Gasteiger partial charge in [-0.15, -0.1) is 0 Å². The minimum absolute atomic E-state index is 0.438. The summed E-state index contributed by atoms with van der Waals surface area (Å²) in [7, 11) is 1.94. The third-order valence-corrected chi connectivity index (χ3v) is 6.10. The van der Waals surface area contributed by atoms with Crippen LogP contribution in [0.5, 0.6) is 0 Å². The first-order valence-corrected chi connectivity index (χ1v) is 8.35. The van der Waals surface area contributed by atoms with Gasteiger partial charge >= 0.3 is 0 Å². The van der Waals surface area contributed by atoms with Crippen molar-refractivity contribution in [2.75, 3.05) is 6.54 Å². The Morgan fingerprint density at radius 1 is 1.35 bits per heavy atom. The van der Waals surface area contributed by atoms with Gasteiger partial charge in [0, 0.05) is 25.2 Å². The van der Waals surface area contributed by atoms with Crippen LogP contribution in [0.2, 0.25) is 5.15 Å². The van der Waals surface area contributed by atoms with Crippen molar-refractivity contribution in [3.8, 4) is 0 Å². The summed E-state index contributed by atoms with van der Waals surface area (Å²) < 4.78 is 1.82. The van der Waals surface area contributed by atoms with Crippen LogP contribution in [0.1, 0.15) is 43.4 Å². The summed E-state index contributed by atoms with van der Waals surface area (Å²) in [6.07, 6.45) is 8.11. The van der Waals surface area contributed by atoms with Crippen LogP contribution in [0.15, 0.2) is 0 Å². The van der Waals surface area contributed by atoms with E-state index in [-0.39, 0.29) is 0 Å². The van der Waals surface area contributed by atoms with Gasteiger partial charge < -0.3 is 5.32 Å². The van der Waals surface area contributed by atoms with E-state index in [1.807, 2.05) is 11.7 Å². The van der Waals surface area contributed by atoms with Gasteiger partial charge in [-0.1, -0.05) is 11.6 Å². The average Bonchev–Trinajstić information content (AvgIpc) is 3.32. The van der Waals surface area contributed by atoms with Crippen LogP contribution in [0.3, 0.4) is 0 Å². The summed E-state index contributed by atoms with van der Waals surface area (Å²) in [5, 5.41) is 9.10. The average molecular weight is 294 g/mol. The molecule has 110 valence electrons. The summed E-state index contributed by atoms with van der Waals surface area (Å²) in [5.41, 5.74) is 2.84. The summed E-state index contributed by atoms with van der Waals surface area (Å²) in [4.78, 5) is 0. The number of aromatic nitrogens is 2. The number of hydrogen-bond donors (Lipinski definition) is 1. The second-order valence-corrected chi connectivity index (χ2v) is 7.83. The Labute approximate surface area is 126 Å². The Morgan fingerprint density at radius 3 is 2.60 bits per heavy atom. The van der Waals surface area contributed by atoms with Crippen molar-refractivity contribution in [1.29, 1.82) is 0 Å². The Bertz CT molecular complexity index is 522. The Hall–Kier alpha value is -0.540. The molecule has 4 heteroatoms. The number of aryl methyl sites for hydroxylation is 2. The van der Waals surface area contributed by atoms with Crippen LogP contribution >= 0.6 is 11.6 Å². The number of nitrogens with one attached hydrogen (secondary N) is 1. The molecule has 1 aromatic rings. The second-order valence-electron chi connectivity index (χ2n) is 7.47. The molecule has 0 bridgehead atoms. The molecule has 3 aliphatic carbocycles. The first-order chi connectivity index (χ1) is 9.56. The fourth-order valence-electron chi connectivity index (χ4n) is 4.26. The SMILES string of the molecule is Cc1nn(C)c(Cl)c1CC1(CNC2CC2)CC2CC2C1. The molecule has 0 spiro atoms. The van der Waals surface area contributed by atoms with Crippen molar-refractivity contribution in [3.05, 3.63) is 16.4 Å². The van der Waals surface area contributed by atoms with Crippen LogP contribution < -0.4 is 5.32 Å². The van der Waals surface area contributed by atoms with Gasteiger partial charge in [-0.05, 0) is 62.7 Å². The molecule has 0 aliphatic heterocycles.